The molecule has 0 saturated carbocycles. The Morgan fingerprint density at radius 3 is 2.42 bits per heavy atom. The number of nitrogens with one attached hydrogen (secondary N) is 1. The van der Waals surface area contributed by atoms with Crippen molar-refractivity contribution in [3.8, 4) is 28.5 Å². The number of imidazole rings is 1. The van der Waals surface area contributed by atoms with Gasteiger partial charge >= 0.3 is 0 Å². The average molecular weight is 431 g/mol. The SMILES string of the molecule is Cc1ccc(-c2nc3c(nc(-c4ccc(Cl)cc4)n3-c3ccccc3)c(=O)[nH]2)c(F)c1. The Labute approximate surface area is 181 Å². The van der Waals surface area contributed by atoms with Gasteiger partial charge in [-0.05, 0) is 61.0 Å². The number of rotatable bonds is 3. The number of benzene rings is 3. The molecule has 0 aliphatic heterocycles. The molecule has 0 saturated heterocycles. The highest BCUT2D eigenvalue weighted by atomic mass is 35.5. The summed E-state index contributed by atoms with van der Waals surface area (Å²) in [5, 5.41) is 0.597. The topological polar surface area (TPSA) is 63.6 Å². The minimum Gasteiger partial charge on any atom is -0.304 e. The van der Waals surface area contributed by atoms with Crippen LogP contribution >= 0.6 is 11.6 Å². The number of hydrogen-bond acceptors (Lipinski definition) is 3. The summed E-state index contributed by atoms with van der Waals surface area (Å²) in [7, 11) is 0. The van der Waals surface area contributed by atoms with Gasteiger partial charge in [-0.15, -0.1) is 0 Å². The Balaban J connectivity index is 1.84. The first-order chi connectivity index (χ1) is 15.0. The second-order valence-electron chi connectivity index (χ2n) is 7.18. The standard InChI is InChI=1S/C24H16ClFN4O/c1-14-7-12-18(19(26)13-14)21-28-23-20(24(31)29-21)27-22(15-8-10-16(25)11-9-15)30(23)17-5-3-2-4-6-17/h2-13H,1H3,(H,28,29,31). The highest BCUT2D eigenvalue weighted by molar-refractivity contribution is 6.30. The van der Waals surface area contributed by atoms with Gasteiger partial charge in [0.2, 0.25) is 0 Å². The fraction of sp³-hybridized carbons (Fsp3) is 0.0417. The van der Waals surface area contributed by atoms with Crippen molar-refractivity contribution in [1.82, 2.24) is 19.5 Å². The molecule has 0 unspecified atom stereocenters. The molecule has 5 nitrogen and oxygen atoms in total. The molecule has 0 aliphatic carbocycles. The molecule has 0 radical (unpaired) electrons. The third kappa shape index (κ3) is 3.41. The van der Waals surface area contributed by atoms with Gasteiger partial charge in [-0.25, -0.2) is 14.4 Å². The van der Waals surface area contributed by atoms with E-state index in [0.29, 0.717) is 16.5 Å². The molecule has 0 amide bonds. The lowest BCUT2D eigenvalue weighted by Gasteiger charge is -2.10. The Bertz CT molecular complexity index is 1470. The van der Waals surface area contributed by atoms with E-state index in [2.05, 4.69) is 15.0 Å². The molecular weight excluding hydrogens is 415 g/mol. The van der Waals surface area contributed by atoms with E-state index in [-0.39, 0.29) is 16.9 Å². The monoisotopic (exact) mass is 430 g/mol. The number of nitrogens with zero attached hydrogens (tertiary/aromatic N) is 3. The lowest BCUT2D eigenvalue weighted by Crippen LogP contribution is -2.11. The second-order valence-corrected chi connectivity index (χ2v) is 7.62. The fourth-order valence-corrected chi connectivity index (χ4v) is 3.65. The molecule has 7 heteroatoms. The Hall–Kier alpha value is -3.77. The quantitative estimate of drug-likeness (QED) is 0.408. The van der Waals surface area contributed by atoms with Gasteiger partial charge in [0, 0.05) is 16.3 Å². The molecule has 0 bridgehead atoms. The maximum absolute atomic E-state index is 14.6. The zero-order chi connectivity index (χ0) is 21.5. The van der Waals surface area contributed by atoms with Gasteiger partial charge < -0.3 is 4.98 Å². The third-order valence-corrected chi connectivity index (χ3v) is 5.27. The zero-order valence-corrected chi connectivity index (χ0v) is 17.2. The molecule has 0 aliphatic rings. The first-order valence-electron chi connectivity index (χ1n) is 9.62. The highest BCUT2D eigenvalue weighted by Gasteiger charge is 2.20. The third-order valence-electron chi connectivity index (χ3n) is 5.01. The van der Waals surface area contributed by atoms with E-state index in [9.17, 15) is 9.18 Å². The van der Waals surface area contributed by atoms with Crippen molar-refractivity contribution in [3.05, 3.63) is 99.6 Å². The summed E-state index contributed by atoms with van der Waals surface area (Å²) < 4.78 is 16.4. The van der Waals surface area contributed by atoms with Gasteiger partial charge in [-0.3, -0.25) is 9.36 Å². The molecule has 0 spiro atoms. The van der Waals surface area contributed by atoms with Crippen molar-refractivity contribution in [2.24, 2.45) is 0 Å². The Kier molecular flexibility index (Phi) is 4.64. The van der Waals surface area contributed by atoms with Gasteiger partial charge in [0.05, 0.1) is 5.56 Å². The predicted molar refractivity (Wildman–Crippen MR) is 120 cm³/mol. The summed E-state index contributed by atoms with van der Waals surface area (Å²) in [6.07, 6.45) is 0. The van der Waals surface area contributed by atoms with Crippen LogP contribution in [0.4, 0.5) is 4.39 Å². The molecule has 152 valence electrons. The predicted octanol–water partition coefficient (Wildman–Crippen LogP) is 5.54. The van der Waals surface area contributed by atoms with Crippen molar-refractivity contribution < 1.29 is 4.39 Å². The average Bonchev–Trinajstić information content (AvgIpc) is 3.15. The Morgan fingerprint density at radius 2 is 1.71 bits per heavy atom. The summed E-state index contributed by atoms with van der Waals surface area (Å²) in [5.41, 5.74) is 2.63. The molecule has 0 atom stereocenters. The smallest absolute Gasteiger partial charge is 0.279 e. The zero-order valence-electron chi connectivity index (χ0n) is 16.4. The van der Waals surface area contributed by atoms with Crippen LogP contribution in [0, 0.1) is 12.7 Å². The summed E-state index contributed by atoms with van der Waals surface area (Å²) in [5.74, 6) is 0.235. The van der Waals surface area contributed by atoms with Crippen molar-refractivity contribution in [2.45, 2.75) is 6.92 Å². The molecule has 1 N–H and O–H groups in total. The van der Waals surface area contributed by atoms with E-state index < -0.39 is 11.4 Å². The van der Waals surface area contributed by atoms with Crippen LogP contribution in [0.3, 0.4) is 0 Å². The van der Waals surface area contributed by atoms with E-state index in [0.717, 1.165) is 16.8 Å². The molecular formula is C24H16ClFN4O. The van der Waals surface area contributed by atoms with E-state index in [4.69, 9.17) is 11.6 Å². The molecule has 31 heavy (non-hydrogen) atoms. The van der Waals surface area contributed by atoms with E-state index in [1.54, 1.807) is 35.8 Å². The van der Waals surface area contributed by atoms with Crippen LogP contribution in [0.2, 0.25) is 5.02 Å². The number of para-hydroxylation sites is 1. The summed E-state index contributed by atoms with van der Waals surface area (Å²) in [6.45, 7) is 1.80. The fourth-order valence-electron chi connectivity index (χ4n) is 3.52. The molecule has 2 aromatic heterocycles. The number of aromatic amines is 1. The van der Waals surface area contributed by atoms with Gasteiger partial charge in [-0.1, -0.05) is 35.9 Å². The second kappa shape index (κ2) is 7.49. The van der Waals surface area contributed by atoms with Gasteiger partial charge in [0.1, 0.15) is 17.5 Å². The maximum Gasteiger partial charge on any atom is 0.279 e. The number of fused-ring (bicyclic) bond motifs is 1. The number of aromatic nitrogens is 4. The summed E-state index contributed by atoms with van der Waals surface area (Å²) >= 11 is 6.04. The van der Waals surface area contributed by atoms with Crippen LogP contribution in [0.15, 0.2) is 77.6 Å². The molecule has 2 heterocycles. The Morgan fingerprint density at radius 1 is 0.968 bits per heavy atom. The first-order valence-corrected chi connectivity index (χ1v) is 10.00. The van der Waals surface area contributed by atoms with Crippen molar-refractivity contribution >= 4 is 22.8 Å². The number of hydrogen-bond donors (Lipinski definition) is 1. The van der Waals surface area contributed by atoms with E-state index >= 15 is 0 Å². The van der Waals surface area contributed by atoms with E-state index in [1.807, 2.05) is 42.5 Å². The summed E-state index contributed by atoms with van der Waals surface area (Å²) in [4.78, 5) is 24.8. The van der Waals surface area contributed by atoms with Crippen LogP contribution in [-0.2, 0) is 0 Å². The molecule has 5 rings (SSSR count). The molecule has 5 aromatic rings. The van der Waals surface area contributed by atoms with Crippen molar-refractivity contribution in [3.63, 3.8) is 0 Å². The van der Waals surface area contributed by atoms with Crippen molar-refractivity contribution in [2.75, 3.05) is 0 Å². The molecule has 0 fully saturated rings. The van der Waals surface area contributed by atoms with Crippen LogP contribution in [-0.4, -0.2) is 19.5 Å². The van der Waals surface area contributed by atoms with Crippen LogP contribution < -0.4 is 5.56 Å². The van der Waals surface area contributed by atoms with Gasteiger partial charge in [0.25, 0.3) is 5.56 Å². The summed E-state index contributed by atoms with van der Waals surface area (Å²) in [6, 6.07) is 21.5. The highest BCUT2D eigenvalue weighted by Crippen LogP contribution is 2.29. The molecule has 3 aromatic carbocycles. The van der Waals surface area contributed by atoms with Gasteiger partial charge in [-0.2, -0.15) is 0 Å². The minimum absolute atomic E-state index is 0.148. The number of H-pyrrole nitrogens is 1. The minimum atomic E-state index is -0.453. The van der Waals surface area contributed by atoms with E-state index in [1.165, 1.54) is 6.07 Å². The first kappa shape index (κ1) is 19.2. The lowest BCUT2D eigenvalue weighted by atomic mass is 10.1. The number of halogens is 2. The normalized spacial score (nSPS) is 11.2. The van der Waals surface area contributed by atoms with Crippen LogP contribution in [0.1, 0.15) is 5.56 Å². The van der Waals surface area contributed by atoms with Crippen molar-refractivity contribution in [1.29, 1.82) is 0 Å². The van der Waals surface area contributed by atoms with Crippen LogP contribution in [0.5, 0.6) is 0 Å². The van der Waals surface area contributed by atoms with Gasteiger partial charge in [0.15, 0.2) is 11.2 Å². The lowest BCUT2D eigenvalue weighted by molar-refractivity contribution is 0.629. The largest absolute Gasteiger partial charge is 0.304 e. The number of aryl methyl sites for hydroxylation is 1. The van der Waals surface area contributed by atoms with Crippen LogP contribution in [0.25, 0.3) is 39.6 Å². The maximum atomic E-state index is 14.6.